The number of ether oxygens (including phenoxy) is 1. The number of anilines is 1. The summed E-state index contributed by atoms with van der Waals surface area (Å²) >= 11 is 6.03. The Hall–Kier alpha value is -1.67. The summed E-state index contributed by atoms with van der Waals surface area (Å²) in [5, 5.41) is 8.28. The van der Waals surface area contributed by atoms with E-state index in [0.717, 1.165) is 25.9 Å². The predicted octanol–water partition coefficient (Wildman–Crippen LogP) is 4.46. The summed E-state index contributed by atoms with van der Waals surface area (Å²) in [5.74, 6) is 1.00. The quantitative estimate of drug-likeness (QED) is 0.819. The predicted molar refractivity (Wildman–Crippen MR) is 94.2 cm³/mol. The maximum absolute atomic E-state index is 12.5. The van der Waals surface area contributed by atoms with E-state index in [1.807, 2.05) is 0 Å². The average molecular weight is 402 g/mol. The molecule has 4 aliphatic rings. The lowest BCUT2D eigenvalue weighted by molar-refractivity contribution is -0.153. The minimum Gasteiger partial charge on any atom is -0.478 e. The SMILES string of the molecule is FC(F)(F)COc1c(Cl)ccc2c(N[C@@H]3C4CCN(CC4)C34CC4)noc12. The second-order valence-electron chi connectivity index (χ2n) is 7.74. The molecular weight excluding hydrogens is 383 g/mol. The fourth-order valence-corrected chi connectivity index (χ4v) is 5.02. The maximum atomic E-state index is 12.5. The van der Waals surface area contributed by atoms with E-state index in [9.17, 15) is 13.2 Å². The summed E-state index contributed by atoms with van der Waals surface area (Å²) in [6.07, 6.45) is 0.189. The number of fused-ring (bicyclic) bond motifs is 3. The van der Waals surface area contributed by atoms with Crippen molar-refractivity contribution in [2.75, 3.05) is 25.0 Å². The van der Waals surface area contributed by atoms with Crippen molar-refractivity contribution >= 4 is 28.4 Å². The standard InChI is InChI=1S/C18H19ClF3N3O2/c19-12-2-1-11-13(14(12)26-9-18(20,21)22)27-24-16(11)23-15-10-3-7-25(8-4-10)17(15)5-6-17/h1-2,10,15H,3-9H2,(H,23,24)/t15-/m1/s1. The van der Waals surface area contributed by atoms with Gasteiger partial charge in [0.05, 0.1) is 10.4 Å². The number of nitrogens with zero attached hydrogens (tertiary/aromatic N) is 2. The first-order valence-corrected chi connectivity index (χ1v) is 9.54. The Morgan fingerprint density at radius 3 is 2.70 bits per heavy atom. The zero-order valence-corrected chi connectivity index (χ0v) is 15.2. The van der Waals surface area contributed by atoms with Crippen molar-refractivity contribution in [2.45, 2.75) is 43.4 Å². The summed E-state index contributed by atoms with van der Waals surface area (Å²) in [4.78, 5) is 2.57. The molecule has 1 spiro atoms. The molecular formula is C18H19ClF3N3O2. The first kappa shape index (κ1) is 17.4. The largest absolute Gasteiger partial charge is 0.478 e. The first-order valence-electron chi connectivity index (χ1n) is 9.16. The fraction of sp³-hybridized carbons (Fsp3) is 0.611. The smallest absolute Gasteiger partial charge is 0.422 e. The molecule has 1 aromatic heterocycles. The van der Waals surface area contributed by atoms with E-state index in [1.165, 1.54) is 18.9 Å². The number of piperidine rings is 3. The van der Waals surface area contributed by atoms with Crippen LogP contribution in [0.3, 0.4) is 0 Å². The molecule has 0 radical (unpaired) electrons. The molecule has 3 aliphatic heterocycles. The number of alkyl halides is 3. The lowest BCUT2D eigenvalue weighted by Gasteiger charge is -2.52. The van der Waals surface area contributed by atoms with Crippen molar-refractivity contribution in [1.82, 2.24) is 10.1 Å². The van der Waals surface area contributed by atoms with Crippen molar-refractivity contribution in [3.05, 3.63) is 17.2 Å². The monoisotopic (exact) mass is 401 g/mol. The number of hydrogen-bond acceptors (Lipinski definition) is 5. The summed E-state index contributed by atoms with van der Waals surface area (Å²) in [5.41, 5.74) is 0.342. The molecule has 2 aromatic rings. The molecule has 1 saturated carbocycles. The molecule has 5 nitrogen and oxygen atoms in total. The summed E-state index contributed by atoms with van der Waals surface area (Å²) in [7, 11) is 0. The van der Waals surface area contributed by atoms with Gasteiger partial charge in [-0.2, -0.15) is 13.2 Å². The Morgan fingerprint density at radius 1 is 1.30 bits per heavy atom. The van der Waals surface area contributed by atoms with Gasteiger partial charge in [-0.25, -0.2) is 0 Å². The Kier molecular flexibility index (Phi) is 3.82. The van der Waals surface area contributed by atoms with Gasteiger partial charge in [0.1, 0.15) is 0 Å². The Balaban J connectivity index is 1.45. The van der Waals surface area contributed by atoms with Crippen molar-refractivity contribution < 1.29 is 22.4 Å². The zero-order valence-electron chi connectivity index (χ0n) is 14.5. The van der Waals surface area contributed by atoms with Crippen LogP contribution in [0.4, 0.5) is 19.0 Å². The molecule has 27 heavy (non-hydrogen) atoms. The number of hydrogen-bond donors (Lipinski definition) is 1. The molecule has 1 N–H and O–H groups in total. The molecule has 1 aromatic carbocycles. The van der Waals surface area contributed by atoms with Gasteiger partial charge in [0.25, 0.3) is 0 Å². The molecule has 1 aliphatic carbocycles. The third-order valence-corrected chi connectivity index (χ3v) is 6.50. The van der Waals surface area contributed by atoms with Crippen LogP contribution in [-0.2, 0) is 0 Å². The van der Waals surface area contributed by atoms with Crippen LogP contribution in [0.2, 0.25) is 5.02 Å². The van der Waals surface area contributed by atoms with Crippen LogP contribution in [0.5, 0.6) is 5.75 Å². The van der Waals surface area contributed by atoms with E-state index in [1.54, 1.807) is 6.07 Å². The summed E-state index contributed by atoms with van der Waals surface area (Å²) in [6, 6.07) is 3.50. The highest BCUT2D eigenvalue weighted by molar-refractivity contribution is 6.33. The van der Waals surface area contributed by atoms with Gasteiger partial charge in [0.15, 0.2) is 18.2 Å². The van der Waals surface area contributed by atoms with Crippen LogP contribution in [-0.4, -0.2) is 47.5 Å². The summed E-state index contributed by atoms with van der Waals surface area (Å²) in [6.45, 7) is 0.860. The van der Waals surface area contributed by atoms with Crippen LogP contribution < -0.4 is 10.1 Å². The number of nitrogens with one attached hydrogen (secondary N) is 1. The molecule has 4 fully saturated rings. The van der Waals surface area contributed by atoms with Crippen LogP contribution in [0.1, 0.15) is 25.7 Å². The highest BCUT2D eigenvalue weighted by atomic mass is 35.5. The number of benzene rings is 1. The van der Waals surface area contributed by atoms with E-state index in [-0.39, 0.29) is 27.9 Å². The Bertz CT molecular complexity index is 873. The molecule has 0 amide bonds. The molecule has 3 saturated heterocycles. The van der Waals surface area contributed by atoms with Crippen LogP contribution in [0.25, 0.3) is 11.0 Å². The zero-order chi connectivity index (χ0) is 18.8. The molecule has 2 bridgehead atoms. The third-order valence-electron chi connectivity index (χ3n) is 6.20. The highest BCUT2D eigenvalue weighted by Gasteiger charge is 2.60. The van der Waals surface area contributed by atoms with E-state index < -0.39 is 12.8 Å². The van der Waals surface area contributed by atoms with Gasteiger partial charge in [0.2, 0.25) is 5.58 Å². The van der Waals surface area contributed by atoms with Crippen LogP contribution in [0, 0.1) is 5.92 Å². The second kappa shape index (κ2) is 5.91. The van der Waals surface area contributed by atoms with Crippen molar-refractivity contribution in [2.24, 2.45) is 5.92 Å². The van der Waals surface area contributed by atoms with Crippen molar-refractivity contribution in [3.63, 3.8) is 0 Å². The van der Waals surface area contributed by atoms with Gasteiger partial charge >= 0.3 is 6.18 Å². The topological polar surface area (TPSA) is 50.5 Å². The fourth-order valence-electron chi connectivity index (χ4n) is 4.82. The Labute approximate surface area is 158 Å². The van der Waals surface area contributed by atoms with E-state index in [0.29, 0.717) is 17.1 Å². The minimum absolute atomic E-state index is 0.0657. The third kappa shape index (κ3) is 2.84. The van der Waals surface area contributed by atoms with E-state index >= 15 is 0 Å². The molecule has 1 atom stereocenters. The number of aromatic nitrogens is 1. The second-order valence-corrected chi connectivity index (χ2v) is 8.15. The molecule has 0 unspecified atom stereocenters. The number of rotatable bonds is 4. The Morgan fingerprint density at radius 2 is 2.04 bits per heavy atom. The lowest BCUT2D eigenvalue weighted by atomic mass is 9.77. The van der Waals surface area contributed by atoms with E-state index in [4.69, 9.17) is 20.9 Å². The van der Waals surface area contributed by atoms with Crippen molar-refractivity contribution in [3.8, 4) is 5.75 Å². The van der Waals surface area contributed by atoms with Gasteiger partial charge in [-0.3, -0.25) is 4.90 Å². The van der Waals surface area contributed by atoms with Gasteiger partial charge < -0.3 is 14.6 Å². The van der Waals surface area contributed by atoms with E-state index in [2.05, 4.69) is 15.4 Å². The van der Waals surface area contributed by atoms with Crippen LogP contribution >= 0.6 is 11.6 Å². The lowest BCUT2D eigenvalue weighted by Crippen LogP contribution is -2.62. The molecule has 9 heteroatoms. The van der Waals surface area contributed by atoms with Gasteiger partial charge in [-0.15, -0.1) is 0 Å². The molecule has 146 valence electrons. The molecule has 6 rings (SSSR count). The number of halogens is 4. The first-order chi connectivity index (χ1) is 12.9. The average Bonchev–Trinajstić information content (AvgIpc) is 3.30. The van der Waals surface area contributed by atoms with Gasteiger partial charge in [-0.05, 0) is 56.8 Å². The highest BCUT2D eigenvalue weighted by Crippen LogP contribution is 2.54. The van der Waals surface area contributed by atoms with Crippen LogP contribution in [0.15, 0.2) is 16.7 Å². The van der Waals surface area contributed by atoms with Gasteiger partial charge in [-0.1, -0.05) is 16.8 Å². The summed E-state index contributed by atoms with van der Waals surface area (Å²) < 4.78 is 47.8. The van der Waals surface area contributed by atoms with Gasteiger partial charge in [0, 0.05) is 11.6 Å². The minimum atomic E-state index is -4.46. The molecule has 4 heterocycles. The maximum Gasteiger partial charge on any atom is 0.422 e. The normalized spacial score (nSPS) is 28.7. The van der Waals surface area contributed by atoms with Crippen molar-refractivity contribution in [1.29, 1.82) is 0 Å².